The summed E-state index contributed by atoms with van der Waals surface area (Å²) < 4.78 is 0. The van der Waals surface area contributed by atoms with Crippen LogP contribution in [0.15, 0.2) is 36.5 Å². The lowest BCUT2D eigenvalue weighted by Gasteiger charge is -2.28. The Kier molecular flexibility index (Phi) is 3.56. The Morgan fingerprint density at radius 3 is 2.62 bits per heavy atom. The molecule has 4 rings (SSSR count). The molecule has 2 fully saturated rings. The number of rotatable bonds is 6. The van der Waals surface area contributed by atoms with Gasteiger partial charge in [-0.05, 0) is 38.5 Å². The maximum Gasteiger partial charge on any atom is 0.123 e. The van der Waals surface area contributed by atoms with Crippen LogP contribution in [0.2, 0.25) is 0 Å². The zero-order chi connectivity index (χ0) is 14.2. The van der Waals surface area contributed by atoms with Crippen LogP contribution in [-0.4, -0.2) is 22.0 Å². The van der Waals surface area contributed by atoms with Crippen LogP contribution < -0.4 is 0 Å². The average Bonchev–Trinajstić information content (AvgIpc) is 3.43. The zero-order valence-electron chi connectivity index (χ0n) is 12.5. The van der Waals surface area contributed by atoms with Gasteiger partial charge in [0.1, 0.15) is 5.01 Å². The summed E-state index contributed by atoms with van der Waals surface area (Å²) in [5.74, 6) is 0.951. The molecule has 2 nitrogen and oxygen atoms in total. The summed E-state index contributed by atoms with van der Waals surface area (Å²) in [7, 11) is 0. The Balaban J connectivity index is 1.49. The van der Waals surface area contributed by atoms with Crippen LogP contribution in [0.5, 0.6) is 0 Å². The van der Waals surface area contributed by atoms with Crippen LogP contribution in [0.4, 0.5) is 0 Å². The molecular formula is C18H22N2S. The second kappa shape index (κ2) is 5.54. The van der Waals surface area contributed by atoms with E-state index in [1.165, 1.54) is 36.1 Å². The Morgan fingerprint density at radius 2 is 1.95 bits per heavy atom. The molecule has 1 atom stereocenters. The van der Waals surface area contributed by atoms with E-state index in [1.807, 2.05) is 11.3 Å². The number of hydrogen-bond donors (Lipinski definition) is 0. The van der Waals surface area contributed by atoms with E-state index in [0.717, 1.165) is 29.6 Å². The van der Waals surface area contributed by atoms with Crippen molar-refractivity contribution in [2.45, 2.75) is 51.2 Å². The summed E-state index contributed by atoms with van der Waals surface area (Å²) in [4.78, 5) is 8.78. The fourth-order valence-corrected chi connectivity index (χ4v) is 4.06. The van der Waals surface area contributed by atoms with Gasteiger partial charge in [-0.3, -0.25) is 4.90 Å². The Bertz CT molecular complexity index is 599. The number of benzene rings is 1. The molecule has 0 radical (unpaired) electrons. The second-order valence-corrected chi connectivity index (χ2v) is 7.59. The monoisotopic (exact) mass is 298 g/mol. The first-order valence-corrected chi connectivity index (χ1v) is 8.89. The fourth-order valence-electron chi connectivity index (χ4n) is 3.14. The van der Waals surface area contributed by atoms with Crippen LogP contribution >= 0.6 is 11.3 Å². The van der Waals surface area contributed by atoms with Crippen molar-refractivity contribution >= 4 is 11.3 Å². The maximum atomic E-state index is 4.63. The Morgan fingerprint density at radius 1 is 1.19 bits per heavy atom. The van der Waals surface area contributed by atoms with Crippen LogP contribution in [0.25, 0.3) is 10.6 Å². The van der Waals surface area contributed by atoms with Crippen LogP contribution in [0.1, 0.15) is 37.5 Å². The largest absolute Gasteiger partial charge is 0.292 e. The summed E-state index contributed by atoms with van der Waals surface area (Å²) in [6.07, 6.45) is 7.73. The molecule has 1 aromatic heterocycles. The van der Waals surface area contributed by atoms with Crippen molar-refractivity contribution in [3.8, 4) is 10.6 Å². The molecule has 0 bridgehead atoms. The van der Waals surface area contributed by atoms with Crippen molar-refractivity contribution in [2.24, 2.45) is 5.92 Å². The summed E-state index contributed by atoms with van der Waals surface area (Å²) in [6.45, 7) is 3.52. The van der Waals surface area contributed by atoms with Crippen molar-refractivity contribution in [3.05, 3.63) is 41.4 Å². The fraction of sp³-hybridized carbons (Fsp3) is 0.500. The lowest BCUT2D eigenvalue weighted by molar-refractivity contribution is 0.172. The van der Waals surface area contributed by atoms with Gasteiger partial charge < -0.3 is 0 Å². The highest BCUT2D eigenvalue weighted by Crippen LogP contribution is 2.41. The third kappa shape index (κ3) is 3.04. The van der Waals surface area contributed by atoms with Gasteiger partial charge in [-0.15, -0.1) is 11.3 Å². The quantitative estimate of drug-likeness (QED) is 0.776. The number of aromatic nitrogens is 1. The van der Waals surface area contributed by atoms with Gasteiger partial charge in [0.2, 0.25) is 0 Å². The molecule has 0 aliphatic heterocycles. The van der Waals surface area contributed by atoms with E-state index in [0.29, 0.717) is 0 Å². The molecular weight excluding hydrogens is 276 g/mol. The first-order chi connectivity index (χ1) is 10.3. The van der Waals surface area contributed by atoms with E-state index in [2.05, 4.69) is 53.3 Å². The molecule has 0 spiro atoms. The van der Waals surface area contributed by atoms with Gasteiger partial charge in [-0.1, -0.05) is 30.3 Å². The van der Waals surface area contributed by atoms with Crippen molar-refractivity contribution in [3.63, 3.8) is 0 Å². The number of thiazole rings is 1. The summed E-state index contributed by atoms with van der Waals surface area (Å²) in [6, 6.07) is 12.1. The van der Waals surface area contributed by atoms with Crippen molar-refractivity contribution in [1.29, 1.82) is 0 Å². The normalized spacial score (nSPS) is 19.9. The molecule has 1 heterocycles. The molecule has 2 aliphatic rings. The molecule has 1 unspecified atom stereocenters. The highest BCUT2D eigenvalue weighted by atomic mass is 32.1. The maximum absolute atomic E-state index is 4.63. The number of hydrogen-bond acceptors (Lipinski definition) is 3. The summed E-state index contributed by atoms with van der Waals surface area (Å²) in [5, 5.41) is 1.15. The molecule has 0 saturated heterocycles. The molecule has 21 heavy (non-hydrogen) atoms. The van der Waals surface area contributed by atoms with Gasteiger partial charge in [-0.25, -0.2) is 4.98 Å². The van der Waals surface area contributed by atoms with E-state index < -0.39 is 0 Å². The van der Waals surface area contributed by atoms with Crippen LogP contribution in [-0.2, 0) is 6.54 Å². The highest BCUT2D eigenvalue weighted by molar-refractivity contribution is 7.15. The van der Waals surface area contributed by atoms with E-state index in [4.69, 9.17) is 0 Å². The molecule has 0 amide bonds. The lowest BCUT2D eigenvalue weighted by atomic mass is 10.1. The summed E-state index contributed by atoms with van der Waals surface area (Å²) in [5.41, 5.74) is 1.24. The average molecular weight is 298 g/mol. The first kappa shape index (κ1) is 13.5. The SMILES string of the molecule is CC(C1CC1)N(Cc1cnc(-c2ccccc2)s1)C1CC1. The predicted molar refractivity (Wildman–Crippen MR) is 88.3 cm³/mol. The van der Waals surface area contributed by atoms with Crippen LogP contribution in [0, 0.1) is 5.92 Å². The van der Waals surface area contributed by atoms with Crippen LogP contribution in [0.3, 0.4) is 0 Å². The van der Waals surface area contributed by atoms with E-state index >= 15 is 0 Å². The third-order valence-corrected chi connectivity index (χ3v) is 5.79. The van der Waals surface area contributed by atoms with Crippen molar-refractivity contribution in [1.82, 2.24) is 9.88 Å². The van der Waals surface area contributed by atoms with Gasteiger partial charge in [0, 0.05) is 35.3 Å². The van der Waals surface area contributed by atoms with Gasteiger partial charge >= 0.3 is 0 Å². The van der Waals surface area contributed by atoms with Crippen molar-refractivity contribution < 1.29 is 0 Å². The van der Waals surface area contributed by atoms with Gasteiger partial charge in [0.05, 0.1) is 0 Å². The first-order valence-electron chi connectivity index (χ1n) is 8.07. The molecule has 2 aromatic rings. The standard InChI is InChI=1S/C18H22N2S/c1-13(14-7-8-14)20(16-9-10-16)12-17-11-19-18(21-17)15-5-3-2-4-6-15/h2-6,11,13-14,16H,7-10,12H2,1H3. The van der Waals surface area contributed by atoms with Gasteiger partial charge in [0.15, 0.2) is 0 Å². The van der Waals surface area contributed by atoms with E-state index in [1.54, 1.807) is 0 Å². The molecule has 1 aromatic carbocycles. The Labute approximate surface area is 130 Å². The number of nitrogens with zero attached hydrogens (tertiary/aromatic N) is 2. The minimum Gasteiger partial charge on any atom is -0.292 e. The minimum absolute atomic E-state index is 0.750. The van der Waals surface area contributed by atoms with Gasteiger partial charge in [0.25, 0.3) is 0 Å². The predicted octanol–water partition coefficient (Wildman–Crippen LogP) is 4.57. The molecule has 110 valence electrons. The van der Waals surface area contributed by atoms with E-state index in [9.17, 15) is 0 Å². The smallest absolute Gasteiger partial charge is 0.123 e. The highest BCUT2D eigenvalue weighted by Gasteiger charge is 2.39. The van der Waals surface area contributed by atoms with Gasteiger partial charge in [-0.2, -0.15) is 0 Å². The summed E-state index contributed by atoms with van der Waals surface area (Å²) >= 11 is 1.86. The second-order valence-electron chi connectivity index (χ2n) is 6.48. The molecule has 2 saturated carbocycles. The third-order valence-electron chi connectivity index (χ3n) is 4.76. The molecule has 0 N–H and O–H groups in total. The Hall–Kier alpha value is -1.19. The molecule has 2 aliphatic carbocycles. The minimum atomic E-state index is 0.750. The molecule has 3 heteroatoms. The lowest BCUT2D eigenvalue weighted by Crippen LogP contribution is -2.35. The van der Waals surface area contributed by atoms with Crippen molar-refractivity contribution in [2.75, 3.05) is 0 Å². The topological polar surface area (TPSA) is 16.1 Å². The zero-order valence-corrected chi connectivity index (χ0v) is 13.4. The van der Waals surface area contributed by atoms with E-state index in [-0.39, 0.29) is 0 Å².